The fourth-order valence-electron chi connectivity index (χ4n) is 5.85. The number of likely N-dealkylation sites (tertiary alicyclic amines) is 1. The van der Waals surface area contributed by atoms with Crippen LogP contribution in [0.3, 0.4) is 0 Å². The molecule has 10 nitrogen and oxygen atoms in total. The lowest BCUT2D eigenvalue weighted by atomic mass is 9.73. The predicted octanol–water partition coefficient (Wildman–Crippen LogP) is 3.29. The maximum absolute atomic E-state index is 13.7. The third-order valence-corrected chi connectivity index (χ3v) is 8.22. The van der Waals surface area contributed by atoms with Crippen LogP contribution in [-0.2, 0) is 27.5 Å². The summed E-state index contributed by atoms with van der Waals surface area (Å²) in [7, 11) is 1.62. The molecule has 1 aromatic heterocycles. The molecule has 0 aliphatic carbocycles. The van der Waals surface area contributed by atoms with E-state index in [2.05, 4.69) is 15.6 Å². The van der Waals surface area contributed by atoms with Crippen LogP contribution in [-0.4, -0.2) is 71.6 Å². The second-order valence-electron chi connectivity index (χ2n) is 11.1. The van der Waals surface area contributed by atoms with Crippen LogP contribution in [0.15, 0.2) is 48.5 Å². The number of benzene rings is 2. The van der Waals surface area contributed by atoms with Gasteiger partial charge in [0.15, 0.2) is 0 Å². The molecule has 2 aromatic carbocycles. The van der Waals surface area contributed by atoms with Gasteiger partial charge >= 0.3 is 0 Å². The molecule has 0 unspecified atom stereocenters. The number of hydrogen-bond acceptors (Lipinski definition) is 6. The third-order valence-electron chi connectivity index (χ3n) is 8.22. The number of fused-ring (bicyclic) bond motifs is 2. The van der Waals surface area contributed by atoms with Gasteiger partial charge in [0, 0.05) is 26.7 Å². The van der Waals surface area contributed by atoms with Crippen molar-refractivity contribution in [2.75, 3.05) is 33.4 Å². The largest absolute Gasteiger partial charge is 0.491 e. The second kappa shape index (κ2) is 12.7. The third kappa shape index (κ3) is 6.37. The standard InChI is InChI=1S/C31H39N5O5/c1-22-20-41-26-12-6-3-9-23(26)29(38)32-16-8-7-13-31(30(39)33-22)14-17-35(18-15-31)28(37)19-36-25-11-5-4-10-24(25)34-27(36)21-40-2/h3-6,9-12,22H,7-8,13-21H2,1-2H3,(H,32,38)(H,33,39)/t22-/m1/s1. The van der Waals surface area contributed by atoms with Gasteiger partial charge in [-0.15, -0.1) is 0 Å². The van der Waals surface area contributed by atoms with Crippen molar-refractivity contribution < 1.29 is 23.9 Å². The first-order valence-electron chi connectivity index (χ1n) is 14.4. The average molecular weight is 562 g/mol. The van der Waals surface area contributed by atoms with Gasteiger partial charge in [-0.3, -0.25) is 14.4 Å². The van der Waals surface area contributed by atoms with E-state index in [9.17, 15) is 14.4 Å². The van der Waals surface area contributed by atoms with E-state index in [0.29, 0.717) is 62.6 Å². The number of carbonyl (C=O) groups excluding carboxylic acids is 3. The Balaban J connectivity index is 1.26. The fourth-order valence-corrected chi connectivity index (χ4v) is 5.85. The first kappa shape index (κ1) is 28.6. The van der Waals surface area contributed by atoms with Gasteiger partial charge in [-0.25, -0.2) is 4.98 Å². The van der Waals surface area contributed by atoms with Crippen molar-refractivity contribution in [2.45, 2.75) is 58.2 Å². The van der Waals surface area contributed by atoms with Gasteiger partial charge in [0.1, 0.15) is 31.3 Å². The normalized spacial score (nSPS) is 20.0. The summed E-state index contributed by atoms with van der Waals surface area (Å²) in [6.45, 7) is 4.19. The van der Waals surface area contributed by atoms with Gasteiger partial charge in [-0.1, -0.05) is 30.7 Å². The molecule has 1 spiro atoms. The second-order valence-corrected chi connectivity index (χ2v) is 11.1. The lowest BCUT2D eigenvalue weighted by Crippen LogP contribution is -2.53. The van der Waals surface area contributed by atoms with Crippen LogP contribution < -0.4 is 15.4 Å². The molecule has 2 aliphatic rings. The highest BCUT2D eigenvalue weighted by Crippen LogP contribution is 2.37. The number of aromatic nitrogens is 2. The Morgan fingerprint density at radius 3 is 2.63 bits per heavy atom. The van der Waals surface area contributed by atoms with E-state index in [4.69, 9.17) is 9.47 Å². The number of piperidine rings is 1. The number of amides is 3. The summed E-state index contributed by atoms with van der Waals surface area (Å²) < 4.78 is 13.2. The zero-order chi connectivity index (χ0) is 28.8. The minimum absolute atomic E-state index is 0.00445. The van der Waals surface area contributed by atoms with Crippen molar-refractivity contribution in [3.05, 3.63) is 59.9 Å². The van der Waals surface area contributed by atoms with Crippen LogP contribution in [0.2, 0.25) is 0 Å². The zero-order valence-electron chi connectivity index (χ0n) is 23.9. The summed E-state index contributed by atoms with van der Waals surface area (Å²) in [6.07, 6.45) is 3.44. The van der Waals surface area contributed by atoms with Crippen molar-refractivity contribution >= 4 is 28.8 Å². The number of hydrogen-bond donors (Lipinski definition) is 2. The number of nitrogens with one attached hydrogen (secondary N) is 2. The number of ether oxygens (including phenoxy) is 2. The molecule has 218 valence electrons. The molecule has 1 atom stereocenters. The molecule has 1 saturated heterocycles. The Morgan fingerprint density at radius 2 is 1.83 bits per heavy atom. The lowest BCUT2D eigenvalue weighted by Gasteiger charge is -2.41. The first-order valence-corrected chi connectivity index (χ1v) is 14.4. The Hall–Kier alpha value is -3.92. The predicted molar refractivity (Wildman–Crippen MR) is 154 cm³/mol. The van der Waals surface area contributed by atoms with Gasteiger partial charge in [0.25, 0.3) is 5.91 Å². The van der Waals surface area contributed by atoms with Crippen LogP contribution in [0.4, 0.5) is 0 Å². The van der Waals surface area contributed by atoms with Crippen LogP contribution >= 0.6 is 0 Å². The summed E-state index contributed by atoms with van der Waals surface area (Å²) in [6, 6.07) is 14.7. The Bertz CT molecular complexity index is 1390. The van der Waals surface area contributed by atoms with Crippen LogP contribution in [0.25, 0.3) is 11.0 Å². The van der Waals surface area contributed by atoms with Crippen LogP contribution in [0.5, 0.6) is 5.75 Å². The zero-order valence-corrected chi connectivity index (χ0v) is 23.9. The Labute approximate surface area is 240 Å². The monoisotopic (exact) mass is 561 g/mol. The molecule has 1 fully saturated rings. The fraction of sp³-hybridized carbons (Fsp3) is 0.484. The molecule has 3 amide bonds. The van der Waals surface area contributed by atoms with E-state index >= 15 is 0 Å². The molecule has 10 heteroatoms. The molecule has 2 N–H and O–H groups in total. The highest BCUT2D eigenvalue weighted by molar-refractivity contribution is 5.96. The highest BCUT2D eigenvalue weighted by Gasteiger charge is 2.42. The first-order chi connectivity index (χ1) is 19.9. The molecule has 2 aliphatic heterocycles. The summed E-state index contributed by atoms with van der Waals surface area (Å²) in [5.41, 5.74) is 1.66. The van der Waals surface area contributed by atoms with E-state index in [0.717, 1.165) is 23.9 Å². The maximum Gasteiger partial charge on any atom is 0.255 e. The smallest absolute Gasteiger partial charge is 0.255 e. The Kier molecular flexibility index (Phi) is 8.87. The maximum atomic E-state index is 13.7. The molecule has 5 rings (SSSR count). The van der Waals surface area contributed by atoms with Crippen LogP contribution in [0, 0.1) is 5.41 Å². The average Bonchev–Trinajstić information content (AvgIpc) is 3.32. The molecule has 3 heterocycles. The molecular formula is C31H39N5O5. The molecule has 0 radical (unpaired) electrons. The van der Waals surface area contributed by atoms with Crippen molar-refractivity contribution in [1.29, 1.82) is 0 Å². The summed E-state index contributed by atoms with van der Waals surface area (Å²) in [4.78, 5) is 46.4. The minimum atomic E-state index is -0.569. The number of methoxy groups -OCH3 is 1. The van der Waals surface area contributed by atoms with Gasteiger partial charge in [0.05, 0.1) is 28.1 Å². The van der Waals surface area contributed by atoms with E-state index < -0.39 is 5.41 Å². The van der Waals surface area contributed by atoms with Crippen molar-refractivity contribution in [3.63, 3.8) is 0 Å². The summed E-state index contributed by atoms with van der Waals surface area (Å²) in [5.74, 6) is 1.08. The number of nitrogens with zero attached hydrogens (tertiary/aromatic N) is 3. The topological polar surface area (TPSA) is 115 Å². The van der Waals surface area contributed by atoms with Crippen molar-refractivity contribution in [3.8, 4) is 5.75 Å². The van der Waals surface area contributed by atoms with Gasteiger partial charge in [-0.05, 0) is 56.9 Å². The lowest BCUT2D eigenvalue weighted by molar-refractivity contribution is -0.142. The van der Waals surface area contributed by atoms with Gasteiger partial charge in [0.2, 0.25) is 11.8 Å². The summed E-state index contributed by atoms with van der Waals surface area (Å²) >= 11 is 0. The molecule has 0 bridgehead atoms. The number of carbonyl (C=O) groups is 3. The van der Waals surface area contributed by atoms with Crippen LogP contribution in [0.1, 0.15) is 55.2 Å². The molecule has 0 saturated carbocycles. The van der Waals surface area contributed by atoms with Crippen molar-refractivity contribution in [1.82, 2.24) is 25.1 Å². The minimum Gasteiger partial charge on any atom is -0.491 e. The summed E-state index contributed by atoms with van der Waals surface area (Å²) in [5, 5.41) is 6.15. The highest BCUT2D eigenvalue weighted by atomic mass is 16.5. The number of imidazole rings is 1. The van der Waals surface area contributed by atoms with E-state index in [1.54, 1.807) is 19.2 Å². The van der Waals surface area contributed by atoms with Gasteiger partial charge in [-0.2, -0.15) is 0 Å². The van der Waals surface area contributed by atoms with Crippen molar-refractivity contribution in [2.24, 2.45) is 5.41 Å². The van der Waals surface area contributed by atoms with E-state index in [-0.39, 0.29) is 36.9 Å². The SMILES string of the molecule is COCc1nc2ccccc2n1CC(=O)N1CCC2(CCCCNC(=O)c3ccccc3OC[C@@H](C)NC2=O)CC1. The van der Waals surface area contributed by atoms with E-state index in [1.165, 1.54) is 0 Å². The van der Waals surface area contributed by atoms with E-state index in [1.807, 2.05) is 52.8 Å². The molecule has 41 heavy (non-hydrogen) atoms. The van der Waals surface area contributed by atoms with Gasteiger partial charge < -0.3 is 29.6 Å². The molecular weight excluding hydrogens is 522 g/mol. The Morgan fingerprint density at radius 1 is 1.07 bits per heavy atom. The number of para-hydroxylation sites is 3. The quantitative estimate of drug-likeness (QED) is 0.505. The molecule has 3 aromatic rings. The number of rotatable bonds is 4.